The maximum absolute atomic E-state index is 13.2. The number of amides is 1. The molecule has 0 radical (unpaired) electrons. The van der Waals surface area contributed by atoms with E-state index in [0.29, 0.717) is 19.0 Å². The summed E-state index contributed by atoms with van der Waals surface area (Å²) >= 11 is 0. The Morgan fingerprint density at radius 2 is 1.84 bits per heavy atom. The fourth-order valence-corrected chi connectivity index (χ4v) is 4.07. The third kappa shape index (κ3) is 5.02. The van der Waals surface area contributed by atoms with Gasteiger partial charge in [-0.1, -0.05) is 62.4 Å². The number of benzene rings is 2. The third-order valence-electron chi connectivity index (χ3n) is 5.70. The number of rotatable bonds is 8. The van der Waals surface area contributed by atoms with E-state index in [0.717, 1.165) is 42.0 Å². The second kappa shape index (κ2) is 10.0. The van der Waals surface area contributed by atoms with E-state index in [1.165, 1.54) is 0 Å². The molecule has 1 unspecified atom stereocenters. The second-order valence-corrected chi connectivity index (χ2v) is 8.55. The number of aryl methyl sites for hydroxylation is 1. The Labute approximate surface area is 189 Å². The highest BCUT2D eigenvalue weighted by molar-refractivity contribution is 5.78. The number of aromatic nitrogens is 2. The van der Waals surface area contributed by atoms with Crippen LogP contribution in [0.2, 0.25) is 0 Å². The number of carbonyl (C=O) groups excluding carboxylic acids is 1. The first-order valence-corrected chi connectivity index (χ1v) is 11.3. The molecule has 0 bridgehead atoms. The van der Waals surface area contributed by atoms with Crippen molar-refractivity contribution in [3.63, 3.8) is 0 Å². The topological polar surface area (TPSA) is 56.6 Å². The average molecular weight is 434 g/mol. The summed E-state index contributed by atoms with van der Waals surface area (Å²) in [5.41, 5.74) is 2.72. The van der Waals surface area contributed by atoms with Crippen LogP contribution in [0.5, 0.6) is 11.6 Å². The van der Waals surface area contributed by atoms with Crippen LogP contribution in [-0.2, 0) is 23.1 Å². The van der Waals surface area contributed by atoms with Gasteiger partial charge in [0.05, 0.1) is 18.2 Å². The van der Waals surface area contributed by atoms with Gasteiger partial charge in [0, 0.05) is 31.7 Å². The standard InChI is InChI=1S/C26H31N3O3/c1-19(2)25(30)29(17-22-15-10-16-31-22)18-23-24(20-11-6-4-7-12-20)27-28(3)26(23)32-21-13-8-5-9-14-21/h4-9,11-14,19,22H,10,15-18H2,1-3H3. The molecule has 1 aliphatic heterocycles. The van der Waals surface area contributed by atoms with Gasteiger partial charge in [0.15, 0.2) is 0 Å². The van der Waals surface area contributed by atoms with Crippen molar-refractivity contribution in [2.75, 3.05) is 13.2 Å². The summed E-state index contributed by atoms with van der Waals surface area (Å²) in [5, 5.41) is 4.79. The van der Waals surface area contributed by atoms with Crippen LogP contribution >= 0.6 is 0 Å². The van der Waals surface area contributed by atoms with Gasteiger partial charge < -0.3 is 14.4 Å². The summed E-state index contributed by atoms with van der Waals surface area (Å²) in [4.78, 5) is 15.1. The van der Waals surface area contributed by atoms with E-state index in [1.54, 1.807) is 4.68 Å². The van der Waals surface area contributed by atoms with Gasteiger partial charge >= 0.3 is 0 Å². The molecule has 1 saturated heterocycles. The number of carbonyl (C=O) groups is 1. The third-order valence-corrected chi connectivity index (χ3v) is 5.70. The molecule has 1 amide bonds. The number of hydrogen-bond acceptors (Lipinski definition) is 4. The first-order valence-electron chi connectivity index (χ1n) is 11.3. The van der Waals surface area contributed by atoms with Gasteiger partial charge in [-0.3, -0.25) is 4.79 Å². The number of ether oxygens (including phenoxy) is 2. The molecule has 6 nitrogen and oxygen atoms in total. The monoisotopic (exact) mass is 433 g/mol. The highest BCUT2D eigenvalue weighted by atomic mass is 16.5. The predicted octanol–water partition coefficient (Wildman–Crippen LogP) is 5.04. The first-order chi connectivity index (χ1) is 15.5. The summed E-state index contributed by atoms with van der Waals surface area (Å²) in [5.74, 6) is 1.38. The molecule has 0 N–H and O–H groups in total. The molecule has 32 heavy (non-hydrogen) atoms. The van der Waals surface area contributed by atoms with E-state index < -0.39 is 0 Å². The minimum atomic E-state index is -0.105. The highest BCUT2D eigenvalue weighted by Crippen LogP contribution is 2.34. The Kier molecular flexibility index (Phi) is 6.90. The van der Waals surface area contributed by atoms with Crippen LogP contribution in [0.1, 0.15) is 32.3 Å². The van der Waals surface area contributed by atoms with Gasteiger partial charge in [-0.05, 0) is 25.0 Å². The lowest BCUT2D eigenvalue weighted by molar-refractivity contribution is -0.136. The number of nitrogens with zero attached hydrogens (tertiary/aromatic N) is 3. The molecule has 0 spiro atoms. The van der Waals surface area contributed by atoms with Crippen molar-refractivity contribution < 1.29 is 14.3 Å². The predicted molar refractivity (Wildman–Crippen MR) is 124 cm³/mol. The van der Waals surface area contributed by atoms with Crippen LogP contribution in [0, 0.1) is 5.92 Å². The molecule has 1 fully saturated rings. The summed E-state index contributed by atoms with van der Waals surface area (Å²) in [7, 11) is 1.88. The van der Waals surface area contributed by atoms with Gasteiger partial charge in [-0.15, -0.1) is 0 Å². The maximum Gasteiger partial charge on any atom is 0.225 e. The van der Waals surface area contributed by atoms with E-state index in [-0.39, 0.29) is 17.9 Å². The van der Waals surface area contributed by atoms with Gasteiger partial charge in [-0.2, -0.15) is 5.10 Å². The maximum atomic E-state index is 13.2. The lowest BCUT2D eigenvalue weighted by Gasteiger charge is -2.27. The van der Waals surface area contributed by atoms with Gasteiger partial charge in [-0.25, -0.2) is 4.68 Å². The van der Waals surface area contributed by atoms with E-state index in [1.807, 2.05) is 86.5 Å². The Bertz CT molecular complexity index is 1030. The Morgan fingerprint density at radius 1 is 1.16 bits per heavy atom. The summed E-state index contributed by atoms with van der Waals surface area (Å²) in [6.07, 6.45) is 2.10. The van der Waals surface area contributed by atoms with Crippen LogP contribution in [0.25, 0.3) is 11.3 Å². The molecule has 1 aromatic heterocycles. The average Bonchev–Trinajstić information content (AvgIpc) is 3.43. The van der Waals surface area contributed by atoms with Crippen molar-refractivity contribution in [3.8, 4) is 22.9 Å². The minimum Gasteiger partial charge on any atom is -0.439 e. The molecule has 0 aliphatic carbocycles. The van der Waals surface area contributed by atoms with Crippen molar-refractivity contribution in [3.05, 3.63) is 66.2 Å². The number of hydrogen-bond donors (Lipinski definition) is 0. The Hall–Kier alpha value is -3.12. The summed E-state index contributed by atoms with van der Waals surface area (Å²) in [6, 6.07) is 19.7. The largest absolute Gasteiger partial charge is 0.439 e. The lowest BCUT2D eigenvalue weighted by Crippen LogP contribution is -2.39. The fraction of sp³-hybridized carbons (Fsp3) is 0.385. The van der Waals surface area contributed by atoms with E-state index in [9.17, 15) is 4.79 Å². The van der Waals surface area contributed by atoms with Gasteiger partial charge in [0.1, 0.15) is 11.4 Å². The fourth-order valence-electron chi connectivity index (χ4n) is 4.07. The molecule has 2 aromatic carbocycles. The van der Waals surface area contributed by atoms with Gasteiger partial charge in [0.25, 0.3) is 0 Å². The molecule has 0 saturated carbocycles. The zero-order valence-electron chi connectivity index (χ0n) is 19.0. The first kappa shape index (κ1) is 22.1. The second-order valence-electron chi connectivity index (χ2n) is 8.55. The molecule has 2 heterocycles. The van der Waals surface area contributed by atoms with E-state index in [4.69, 9.17) is 14.6 Å². The van der Waals surface area contributed by atoms with Crippen molar-refractivity contribution in [2.45, 2.75) is 39.3 Å². The van der Waals surface area contributed by atoms with E-state index in [2.05, 4.69) is 0 Å². The van der Waals surface area contributed by atoms with Gasteiger partial charge in [0.2, 0.25) is 11.8 Å². The molecular weight excluding hydrogens is 402 g/mol. The van der Waals surface area contributed by atoms with Crippen molar-refractivity contribution in [1.82, 2.24) is 14.7 Å². The molecule has 1 aliphatic rings. The highest BCUT2D eigenvalue weighted by Gasteiger charge is 2.28. The molecular formula is C26H31N3O3. The normalized spacial score (nSPS) is 15.8. The number of para-hydroxylation sites is 1. The zero-order valence-corrected chi connectivity index (χ0v) is 19.0. The SMILES string of the molecule is CC(C)C(=O)N(Cc1c(-c2ccccc2)nn(C)c1Oc1ccccc1)CC1CCCO1. The molecule has 6 heteroatoms. The quantitative estimate of drug-likeness (QED) is 0.499. The Morgan fingerprint density at radius 3 is 2.47 bits per heavy atom. The Balaban J connectivity index is 1.73. The summed E-state index contributed by atoms with van der Waals surface area (Å²) in [6.45, 7) is 5.63. The lowest BCUT2D eigenvalue weighted by atomic mass is 10.1. The molecule has 1 atom stereocenters. The summed E-state index contributed by atoms with van der Waals surface area (Å²) < 4.78 is 13.9. The van der Waals surface area contributed by atoms with Crippen LogP contribution in [0.3, 0.4) is 0 Å². The van der Waals surface area contributed by atoms with E-state index >= 15 is 0 Å². The molecule has 168 valence electrons. The van der Waals surface area contributed by atoms with Crippen LogP contribution < -0.4 is 4.74 Å². The smallest absolute Gasteiger partial charge is 0.225 e. The minimum absolute atomic E-state index is 0.0769. The van der Waals surface area contributed by atoms with Crippen molar-refractivity contribution in [2.24, 2.45) is 13.0 Å². The molecule has 4 rings (SSSR count). The zero-order chi connectivity index (χ0) is 22.5. The van der Waals surface area contributed by atoms with Crippen LogP contribution in [0.4, 0.5) is 0 Å². The van der Waals surface area contributed by atoms with Crippen LogP contribution in [0.15, 0.2) is 60.7 Å². The van der Waals surface area contributed by atoms with Crippen molar-refractivity contribution in [1.29, 1.82) is 0 Å². The van der Waals surface area contributed by atoms with Crippen LogP contribution in [-0.4, -0.2) is 39.8 Å². The van der Waals surface area contributed by atoms with Crippen molar-refractivity contribution >= 4 is 5.91 Å². The molecule has 3 aromatic rings.